The summed E-state index contributed by atoms with van der Waals surface area (Å²) in [4.78, 5) is 2.53. The van der Waals surface area contributed by atoms with Gasteiger partial charge in [-0.25, -0.2) is 0 Å². The molecule has 2 atom stereocenters. The van der Waals surface area contributed by atoms with Crippen LogP contribution in [0.5, 0.6) is 5.75 Å². The van der Waals surface area contributed by atoms with Crippen LogP contribution in [-0.4, -0.2) is 30.5 Å². The van der Waals surface area contributed by atoms with Crippen molar-refractivity contribution in [1.82, 2.24) is 4.90 Å². The molecule has 1 aliphatic rings. The third kappa shape index (κ3) is 3.67. The van der Waals surface area contributed by atoms with Crippen molar-refractivity contribution in [3.8, 4) is 5.75 Å². The molecule has 0 radical (unpaired) electrons. The number of alkyl halides is 1. The van der Waals surface area contributed by atoms with E-state index in [0.717, 1.165) is 30.6 Å². The Kier molecular flexibility index (Phi) is 4.98. The summed E-state index contributed by atoms with van der Waals surface area (Å²) in [6, 6.07) is 8.86. The quantitative estimate of drug-likeness (QED) is 0.773. The fourth-order valence-corrected chi connectivity index (χ4v) is 3.25. The van der Waals surface area contributed by atoms with E-state index >= 15 is 0 Å². The first-order valence-electron chi connectivity index (χ1n) is 7.37. The molecule has 1 aromatic rings. The van der Waals surface area contributed by atoms with Crippen LogP contribution in [-0.2, 0) is 6.54 Å². The SMILES string of the molecule is COc1ccc(CN2C[C@@H](C(C)(C)C)C[C@H]2CCl)cc1. The molecule has 0 bridgehead atoms. The number of ether oxygens (including phenoxy) is 1. The predicted molar refractivity (Wildman–Crippen MR) is 85.5 cm³/mol. The summed E-state index contributed by atoms with van der Waals surface area (Å²) in [7, 11) is 1.70. The van der Waals surface area contributed by atoms with Crippen LogP contribution in [0.4, 0.5) is 0 Å². The fourth-order valence-electron chi connectivity index (χ4n) is 2.93. The van der Waals surface area contributed by atoms with E-state index in [-0.39, 0.29) is 0 Å². The summed E-state index contributed by atoms with van der Waals surface area (Å²) in [5.74, 6) is 2.36. The third-order valence-electron chi connectivity index (χ3n) is 4.48. The number of methoxy groups -OCH3 is 1. The van der Waals surface area contributed by atoms with Gasteiger partial charge in [0.2, 0.25) is 0 Å². The van der Waals surface area contributed by atoms with Gasteiger partial charge in [-0.1, -0.05) is 32.9 Å². The Morgan fingerprint density at radius 1 is 1.25 bits per heavy atom. The van der Waals surface area contributed by atoms with E-state index in [1.165, 1.54) is 12.0 Å². The average molecular weight is 296 g/mol. The maximum absolute atomic E-state index is 6.17. The Morgan fingerprint density at radius 3 is 2.40 bits per heavy atom. The molecular weight excluding hydrogens is 270 g/mol. The molecule has 1 fully saturated rings. The van der Waals surface area contributed by atoms with E-state index in [4.69, 9.17) is 16.3 Å². The summed E-state index contributed by atoms with van der Waals surface area (Å²) in [6.07, 6.45) is 1.21. The molecule has 20 heavy (non-hydrogen) atoms. The Morgan fingerprint density at radius 2 is 1.90 bits per heavy atom. The standard InChI is InChI=1S/C17H26ClNO/c1-17(2,3)14-9-15(10-18)19(12-14)11-13-5-7-16(20-4)8-6-13/h5-8,14-15H,9-12H2,1-4H3/t14-,15-/m0/s1. The van der Waals surface area contributed by atoms with Crippen LogP contribution in [0.15, 0.2) is 24.3 Å². The Labute approximate surface area is 128 Å². The predicted octanol–water partition coefficient (Wildman–Crippen LogP) is 4.17. The second kappa shape index (κ2) is 6.36. The molecule has 112 valence electrons. The summed E-state index contributed by atoms with van der Waals surface area (Å²) < 4.78 is 5.21. The minimum absolute atomic E-state index is 0.360. The molecule has 0 aromatic heterocycles. The van der Waals surface area contributed by atoms with Crippen molar-refractivity contribution in [3.63, 3.8) is 0 Å². The highest BCUT2D eigenvalue weighted by Gasteiger charge is 2.37. The number of likely N-dealkylation sites (tertiary alicyclic amines) is 1. The van der Waals surface area contributed by atoms with E-state index < -0.39 is 0 Å². The topological polar surface area (TPSA) is 12.5 Å². The number of hydrogen-bond acceptors (Lipinski definition) is 2. The van der Waals surface area contributed by atoms with Gasteiger partial charge in [-0.2, -0.15) is 0 Å². The van der Waals surface area contributed by atoms with Gasteiger partial charge in [0.1, 0.15) is 5.75 Å². The van der Waals surface area contributed by atoms with Gasteiger partial charge >= 0.3 is 0 Å². The molecular formula is C17H26ClNO. The minimum Gasteiger partial charge on any atom is -0.497 e. The van der Waals surface area contributed by atoms with Gasteiger partial charge in [-0.05, 0) is 35.4 Å². The lowest BCUT2D eigenvalue weighted by molar-refractivity contribution is 0.217. The second-order valence-corrected chi connectivity index (χ2v) is 7.19. The van der Waals surface area contributed by atoms with Crippen LogP contribution in [0.2, 0.25) is 0 Å². The van der Waals surface area contributed by atoms with Crippen molar-refractivity contribution in [1.29, 1.82) is 0 Å². The average Bonchev–Trinajstić information content (AvgIpc) is 2.82. The van der Waals surface area contributed by atoms with Crippen molar-refractivity contribution in [2.75, 3.05) is 19.5 Å². The zero-order chi connectivity index (χ0) is 14.8. The molecule has 1 saturated heterocycles. The first-order valence-corrected chi connectivity index (χ1v) is 7.90. The number of hydrogen-bond donors (Lipinski definition) is 0. The number of benzene rings is 1. The van der Waals surface area contributed by atoms with E-state index in [1.807, 2.05) is 12.1 Å². The van der Waals surface area contributed by atoms with Crippen molar-refractivity contribution in [3.05, 3.63) is 29.8 Å². The maximum atomic E-state index is 6.17. The van der Waals surface area contributed by atoms with Crippen molar-refractivity contribution in [2.45, 2.75) is 39.8 Å². The Hall–Kier alpha value is -0.730. The van der Waals surface area contributed by atoms with Crippen molar-refractivity contribution < 1.29 is 4.74 Å². The van der Waals surface area contributed by atoms with Crippen LogP contribution < -0.4 is 4.74 Å². The van der Waals surface area contributed by atoms with Crippen LogP contribution in [0.1, 0.15) is 32.8 Å². The van der Waals surface area contributed by atoms with E-state index in [0.29, 0.717) is 11.5 Å². The molecule has 3 heteroatoms. The van der Waals surface area contributed by atoms with Crippen LogP contribution in [0.3, 0.4) is 0 Å². The molecule has 0 saturated carbocycles. The van der Waals surface area contributed by atoms with E-state index in [1.54, 1.807) is 7.11 Å². The third-order valence-corrected chi connectivity index (χ3v) is 4.83. The monoisotopic (exact) mass is 295 g/mol. The van der Waals surface area contributed by atoms with Gasteiger partial charge in [0.05, 0.1) is 7.11 Å². The van der Waals surface area contributed by atoms with Crippen molar-refractivity contribution >= 4 is 11.6 Å². The summed E-state index contributed by atoms with van der Waals surface area (Å²) in [6.45, 7) is 9.13. The first kappa shape index (κ1) is 15.7. The minimum atomic E-state index is 0.360. The van der Waals surface area contributed by atoms with E-state index in [9.17, 15) is 0 Å². The largest absolute Gasteiger partial charge is 0.497 e. The molecule has 1 heterocycles. The zero-order valence-corrected chi connectivity index (χ0v) is 13.8. The second-order valence-electron chi connectivity index (χ2n) is 6.88. The smallest absolute Gasteiger partial charge is 0.118 e. The number of rotatable bonds is 4. The van der Waals surface area contributed by atoms with Gasteiger partial charge in [0.15, 0.2) is 0 Å². The van der Waals surface area contributed by atoms with Crippen LogP contribution >= 0.6 is 11.6 Å². The first-order chi connectivity index (χ1) is 9.44. The molecule has 2 rings (SSSR count). The van der Waals surface area contributed by atoms with Gasteiger partial charge < -0.3 is 4.74 Å². The van der Waals surface area contributed by atoms with Gasteiger partial charge in [0, 0.05) is 25.0 Å². The Bertz CT molecular complexity index is 424. The van der Waals surface area contributed by atoms with E-state index in [2.05, 4.69) is 37.8 Å². The zero-order valence-electron chi connectivity index (χ0n) is 13.0. The van der Waals surface area contributed by atoms with Crippen LogP contribution in [0, 0.1) is 11.3 Å². The lowest BCUT2D eigenvalue weighted by Crippen LogP contribution is -2.30. The number of halogens is 1. The lowest BCUT2D eigenvalue weighted by atomic mass is 9.79. The summed E-state index contributed by atoms with van der Waals surface area (Å²) >= 11 is 6.17. The van der Waals surface area contributed by atoms with Gasteiger partial charge in [0.25, 0.3) is 0 Å². The lowest BCUT2D eigenvalue weighted by Gasteiger charge is -2.27. The molecule has 0 unspecified atom stereocenters. The molecule has 0 amide bonds. The molecule has 1 aromatic carbocycles. The summed E-state index contributed by atoms with van der Waals surface area (Å²) in [5.41, 5.74) is 1.69. The van der Waals surface area contributed by atoms with Crippen LogP contribution in [0.25, 0.3) is 0 Å². The highest BCUT2D eigenvalue weighted by Crippen LogP contribution is 2.37. The Balaban J connectivity index is 2.03. The van der Waals surface area contributed by atoms with Gasteiger partial charge in [-0.3, -0.25) is 4.90 Å². The number of nitrogens with zero attached hydrogens (tertiary/aromatic N) is 1. The maximum Gasteiger partial charge on any atom is 0.118 e. The molecule has 0 N–H and O–H groups in total. The molecule has 0 aliphatic carbocycles. The molecule has 0 spiro atoms. The molecule has 2 nitrogen and oxygen atoms in total. The summed E-state index contributed by atoms with van der Waals surface area (Å²) in [5, 5.41) is 0. The van der Waals surface area contributed by atoms with Gasteiger partial charge in [-0.15, -0.1) is 11.6 Å². The molecule has 1 aliphatic heterocycles. The fraction of sp³-hybridized carbons (Fsp3) is 0.647. The normalized spacial score (nSPS) is 24.1. The highest BCUT2D eigenvalue weighted by atomic mass is 35.5. The van der Waals surface area contributed by atoms with Crippen molar-refractivity contribution in [2.24, 2.45) is 11.3 Å². The highest BCUT2D eigenvalue weighted by molar-refractivity contribution is 6.18.